The smallest absolute Gasteiger partial charge is 0.255 e. The fraction of sp³-hybridized carbons (Fsp3) is 0.190. The van der Waals surface area contributed by atoms with E-state index in [0.717, 1.165) is 6.07 Å². The molecule has 30 heavy (non-hydrogen) atoms. The highest BCUT2D eigenvalue weighted by atomic mass is 35.5. The average molecular weight is 447 g/mol. The van der Waals surface area contributed by atoms with Crippen molar-refractivity contribution in [3.05, 3.63) is 75.9 Å². The van der Waals surface area contributed by atoms with E-state index in [-0.39, 0.29) is 22.4 Å². The lowest BCUT2D eigenvalue weighted by Gasteiger charge is -2.34. The molecule has 154 valence electrons. The number of benzene rings is 1. The van der Waals surface area contributed by atoms with Crippen LogP contribution < -0.4 is 0 Å². The number of halogens is 3. The molecule has 1 aliphatic rings. The van der Waals surface area contributed by atoms with Crippen LogP contribution in [0.1, 0.15) is 16.1 Å². The van der Waals surface area contributed by atoms with Crippen molar-refractivity contribution < 1.29 is 14.0 Å². The third-order valence-corrected chi connectivity index (χ3v) is 5.54. The number of pyridine rings is 1. The Kier molecular flexibility index (Phi) is 5.74. The fourth-order valence-corrected chi connectivity index (χ4v) is 3.84. The molecule has 1 saturated heterocycles. The van der Waals surface area contributed by atoms with Crippen molar-refractivity contribution >= 4 is 46.7 Å². The van der Waals surface area contributed by atoms with Gasteiger partial charge in [-0.1, -0.05) is 29.3 Å². The van der Waals surface area contributed by atoms with Crippen molar-refractivity contribution in [3.8, 4) is 0 Å². The van der Waals surface area contributed by atoms with E-state index in [2.05, 4.69) is 4.98 Å². The van der Waals surface area contributed by atoms with Crippen LogP contribution in [0.15, 0.2) is 48.7 Å². The van der Waals surface area contributed by atoms with E-state index < -0.39 is 5.82 Å². The number of aromatic nitrogens is 2. The summed E-state index contributed by atoms with van der Waals surface area (Å²) in [7, 11) is 0. The summed E-state index contributed by atoms with van der Waals surface area (Å²) in [5.74, 6) is -0.950. The number of hydrogen-bond acceptors (Lipinski definition) is 3. The van der Waals surface area contributed by atoms with Gasteiger partial charge < -0.3 is 9.80 Å². The van der Waals surface area contributed by atoms with Crippen LogP contribution in [0.3, 0.4) is 0 Å². The van der Waals surface area contributed by atoms with Gasteiger partial charge in [-0.05, 0) is 36.4 Å². The summed E-state index contributed by atoms with van der Waals surface area (Å²) in [5.41, 5.74) is 1.57. The van der Waals surface area contributed by atoms with Crippen LogP contribution in [0.4, 0.5) is 4.39 Å². The van der Waals surface area contributed by atoms with Gasteiger partial charge in [-0.15, -0.1) is 0 Å². The summed E-state index contributed by atoms with van der Waals surface area (Å²) in [6.07, 6.45) is 4.92. The third-order valence-electron chi connectivity index (χ3n) is 4.95. The minimum Gasteiger partial charge on any atom is -0.336 e. The van der Waals surface area contributed by atoms with Gasteiger partial charge in [-0.2, -0.15) is 0 Å². The Morgan fingerprint density at radius 1 is 1.03 bits per heavy atom. The number of rotatable bonds is 3. The Hall–Kier alpha value is -2.90. The number of nitrogens with zero attached hydrogens (tertiary/aromatic N) is 4. The third kappa shape index (κ3) is 4.04. The van der Waals surface area contributed by atoms with Crippen molar-refractivity contribution in [1.29, 1.82) is 0 Å². The lowest BCUT2D eigenvalue weighted by Crippen LogP contribution is -2.50. The van der Waals surface area contributed by atoms with E-state index in [1.165, 1.54) is 18.2 Å². The van der Waals surface area contributed by atoms with E-state index in [0.29, 0.717) is 42.7 Å². The molecule has 1 aliphatic heterocycles. The zero-order valence-electron chi connectivity index (χ0n) is 15.8. The van der Waals surface area contributed by atoms with E-state index in [9.17, 15) is 14.0 Å². The monoisotopic (exact) mass is 446 g/mol. The molecule has 0 saturated carbocycles. The predicted octanol–water partition coefficient (Wildman–Crippen LogP) is 3.78. The summed E-state index contributed by atoms with van der Waals surface area (Å²) in [4.78, 5) is 32.7. The zero-order valence-corrected chi connectivity index (χ0v) is 17.3. The lowest BCUT2D eigenvalue weighted by atomic mass is 10.1. The topological polar surface area (TPSA) is 57.9 Å². The van der Waals surface area contributed by atoms with Gasteiger partial charge in [0.25, 0.3) is 5.91 Å². The maximum Gasteiger partial charge on any atom is 0.255 e. The summed E-state index contributed by atoms with van der Waals surface area (Å²) < 4.78 is 15.0. The number of carbonyl (C=O) groups excluding carboxylic acids is 2. The quantitative estimate of drug-likeness (QED) is 0.575. The fourth-order valence-electron chi connectivity index (χ4n) is 3.35. The van der Waals surface area contributed by atoms with E-state index >= 15 is 0 Å². The highest BCUT2D eigenvalue weighted by Gasteiger charge is 2.25. The SMILES string of the molecule is O=C(/C=C/c1c(Cl)nc2ccccn12)N1CCN(C(=O)c2ccc(F)cc2Cl)CC1. The molecule has 4 rings (SSSR count). The summed E-state index contributed by atoms with van der Waals surface area (Å²) >= 11 is 12.2. The van der Waals surface area contributed by atoms with Crippen LogP contribution in [-0.2, 0) is 4.79 Å². The standard InChI is InChI=1S/C21H17Cl2FN4O2/c22-16-13-14(24)4-5-15(16)21(30)27-11-9-26(10-12-27)19(29)7-6-17-20(23)25-18-3-1-2-8-28(17)18/h1-8,13H,9-12H2/b7-6+. The molecule has 0 aliphatic carbocycles. The van der Waals surface area contributed by atoms with Crippen LogP contribution in [0, 0.1) is 5.82 Å². The second-order valence-corrected chi connectivity index (χ2v) is 7.56. The maximum absolute atomic E-state index is 13.2. The maximum atomic E-state index is 13.2. The van der Waals surface area contributed by atoms with Crippen molar-refractivity contribution in [2.24, 2.45) is 0 Å². The first kappa shape index (κ1) is 20.4. The molecular formula is C21H17Cl2FN4O2. The molecule has 1 fully saturated rings. The summed E-state index contributed by atoms with van der Waals surface area (Å²) in [5, 5.41) is 0.392. The first-order valence-electron chi connectivity index (χ1n) is 9.28. The molecule has 0 unspecified atom stereocenters. The van der Waals surface area contributed by atoms with Gasteiger partial charge in [0.05, 0.1) is 16.3 Å². The highest BCUT2D eigenvalue weighted by molar-refractivity contribution is 6.33. The molecule has 0 bridgehead atoms. The van der Waals surface area contributed by atoms with Crippen LogP contribution in [0.5, 0.6) is 0 Å². The summed E-state index contributed by atoms with van der Waals surface area (Å²) in [6.45, 7) is 1.49. The van der Waals surface area contributed by atoms with Crippen LogP contribution in [0.25, 0.3) is 11.7 Å². The Morgan fingerprint density at radius 2 is 1.77 bits per heavy atom. The molecule has 2 amide bonds. The number of piperazine rings is 1. The number of carbonyl (C=O) groups is 2. The van der Waals surface area contributed by atoms with Crippen LogP contribution in [0.2, 0.25) is 10.2 Å². The molecular weight excluding hydrogens is 430 g/mol. The molecule has 6 nitrogen and oxygen atoms in total. The molecule has 0 N–H and O–H groups in total. The minimum absolute atomic E-state index is 0.0753. The van der Waals surface area contributed by atoms with E-state index in [1.54, 1.807) is 20.3 Å². The van der Waals surface area contributed by atoms with Gasteiger partial charge in [-0.25, -0.2) is 9.37 Å². The number of hydrogen-bond donors (Lipinski definition) is 0. The molecule has 0 spiro atoms. The normalized spacial score (nSPS) is 14.6. The summed E-state index contributed by atoms with van der Waals surface area (Å²) in [6, 6.07) is 9.24. The Morgan fingerprint density at radius 3 is 2.50 bits per heavy atom. The van der Waals surface area contributed by atoms with Crippen molar-refractivity contribution in [3.63, 3.8) is 0 Å². The Labute approximate surface area is 182 Å². The molecule has 3 heterocycles. The first-order valence-corrected chi connectivity index (χ1v) is 10.0. The van der Waals surface area contributed by atoms with Gasteiger partial charge in [0.2, 0.25) is 5.91 Å². The average Bonchev–Trinajstić information content (AvgIpc) is 3.06. The second-order valence-electron chi connectivity index (χ2n) is 6.79. The van der Waals surface area contributed by atoms with Gasteiger partial charge in [-0.3, -0.25) is 14.0 Å². The zero-order chi connectivity index (χ0) is 21.3. The molecule has 9 heteroatoms. The van der Waals surface area contributed by atoms with Crippen molar-refractivity contribution in [2.45, 2.75) is 0 Å². The molecule has 0 atom stereocenters. The van der Waals surface area contributed by atoms with Gasteiger partial charge in [0.1, 0.15) is 11.5 Å². The predicted molar refractivity (Wildman–Crippen MR) is 113 cm³/mol. The lowest BCUT2D eigenvalue weighted by molar-refractivity contribution is -0.127. The molecule has 3 aromatic rings. The Bertz CT molecular complexity index is 1150. The number of imidazole rings is 1. The Balaban J connectivity index is 1.40. The molecule has 0 radical (unpaired) electrons. The van der Waals surface area contributed by atoms with Crippen molar-refractivity contribution in [1.82, 2.24) is 19.2 Å². The largest absolute Gasteiger partial charge is 0.336 e. The minimum atomic E-state index is -0.496. The number of fused-ring (bicyclic) bond motifs is 1. The van der Waals surface area contributed by atoms with Gasteiger partial charge in [0, 0.05) is 38.5 Å². The van der Waals surface area contributed by atoms with Crippen molar-refractivity contribution in [2.75, 3.05) is 26.2 Å². The van der Waals surface area contributed by atoms with E-state index in [1.807, 2.05) is 24.4 Å². The second kappa shape index (κ2) is 8.45. The van der Waals surface area contributed by atoms with E-state index in [4.69, 9.17) is 23.2 Å². The first-order chi connectivity index (χ1) is 14.4. The van der Waals surface area contributed by atoms with Gasteiger partial charge in [0.15, 0.2) is 5.15 Å². The number of amides is 2. The van der Waals surface area contributed by atoms with Crippen LogP contribution in [-0.4, -0.2) is 57.2 Å². The highest BCUT2D eigenvalue weighted by Crippen LogP contribution is 2.21. The van der Waals surface area contributed by atoms with Gasteiger partial charge >= 0.3 is 0 Å². The van der Waals surface area contributed by atoms with Crippen LogP contribution >= 0.6 is 23.2 Å². The molecule has 2 aromatic heterocycles. The molecule has 1 aromatic carbocycles.